The highest BCUT2D eigenvalue weighted by atomic mass is 16.5. The molecule has 6 heteroatoms. The van der Waals surface area contributed by atoms with Gasteiger partial charge in [0, 0.05) is 11.8 Å². The van der Waals surface area contributed by atoms with Crippen LogP contribution in [-0.4, -0.2) is 32.2 Å². The number of carbonyl (C=O) groups excluding carboxylic acids is 2. The van der Waals surface area contributed by atoms with Crippen molar-refractivity contribution in [2.24, 2.45) is 0 Å². The lowest BCUT2D eigenvalue weighted by atomic mass is 10.1. The maximum atomic E-state index is 12.0. The molecule has 0 fully saturated rings. The second-order valence-electron chi connectivity index (χ2n) is 6.21. The third-order valence-corrected chi connectivity index (χ3v) is 3.75. The van der Waals surface area contributed by atoms with Gasteiger partial charge in [-0.05, 0) is 67.8 Å². The molecule has 0 aliphatic carbocycles. The Kier molecular flexibility index (Phi) is 7.63. The molecule has 0 bridgehead atoms. The Morgan fingerprint density at radius 1 is 1.04 bits per heavy atom. The summed E-state index contributed by atoms with van der Waals surface area (Å²) in [6.45, 7) is 5.92. The summed E-state index contributed by atoms with van der Waals surface area (Å²) in [5.74, 6) is 0.206. The topological polar surface area (TPSA) is 73.9 Å². The normalized spacial score (nSPS) is 10.6. The van der Waals surface area contributed by atoms with Crippen LogP contribution in [0.3, 0.4) is 0 Å². The maximum Gasteiger partial charge on any atom is 0.331 e. The van der Waals surface area contributed by atoms with Crippen molar-refractivity contribution < 1.29 is 23.8 Å². The number of hydrogen-bond donors (Lipinski definition) is 1. The fraction of sp³-hybridized carbons (Fsp3) is 0.273. The van der Waals surface area contributed by atoms with Gasteiger partial charge in [0.15, 0.2) is 18.1 Å². The number of amides is 1. The van der Waals surface area contributed by atoms with E-state index in [1.54, 1.807) is 31.4 Å². The Morgan fingerprint density at radius 2 is 1.75 bits per heavy atom. The van der Waals surface area contributed by atoms with Gasteiger partial charge in [-0.2, -0.15) is 0 Å². The molecule has 2 aromatic rings. The largest absolute Gasteiger partial charge is 0.493 e. The molecular formula is C22H25NO5. The van der Waals surface area contributed by atoms with Gasteiger partial charge in [-0.3, -0.25) is 4.79 Å². The van der Waals surface area contributed by atoms with Crippen molar-refractivity contribution in [2.75, 3.05) is 25.6 Å². The number of ether oxygens (including phenoxy) is 3. The minimum atomic E-state index is -0.607. The summed E-state index contributed by atoms with van der Waals surface area (Å²) in [7, 11) is 1.56. The fourth-order valence-electron chi connectivity index (χ4n) is 2.66. The van der Waals surface area contributed by atoms with Crippen LogP contribution in [0.15, 0.2) is 42.5 Å². The molecule has 6 nitrogen and oxygen atoms in total. The van der Waals surface area contributed by atoms with E-state index >= 15 is 0 Å². The number of methoxy groups -OCH3 is 1. The second-order valence-corrected chi connectivity index (χ2v) is 6.21. The van der Waals surface area contributed by atoms with Crippen molar-refractivity contribution >= 4 is 23.6 Å². The first-order valence-corrected chi connectivity index (χ1v) is 8.95. The highest BCUT2D eigenvalue weighted by Gasteiger charge is 2.07. The molecule has 2 rings (SSSR count). The predicted octanol–water partition coefficient (Wildman–Crippen LogP) is 3.91. The molecule has 0 atom stereocenters. The zero-order valence-electron chi connectivity index (χ0n) is 16.6. The summed E-state index contributed by atoms with van der Waals surface area (Å²) in [6.07, 6.45) is 2.85. The van der Waals surface area contributed by atoms with E-state index in [0.717, 1.165) is 16.7 Å². The van der Waals surface area contributed by atoms with E-state index in [1.165, 1.54) is 6.08 Å². The van der Waals surface area contributed by atoms with Gasteiger partial charge in [0.2, 0.25) is 0 Å². The van der Waals surface area contributed by atoms with E-state index in [2.05, 4.69) is 5.32 Å². The Labute approximate surface area is 165 Å². The van der Waals surface area contributed by atoms with E-state index in [4.69, 9.17) is 14.2 Å². The van der Waals surface area contributed by atoms with Gasteiger partial charge in [-0.25, -0.2) is 4.79 Å². The molecule has 0 saturated carbocycles. The number of anilines is 1. The highest BCUT2D eigenvalue weighted by molar-refractivity contribution is 5.94. The first-order chi connectivity index (χ1) is 13.4. The van der Waals surface area contributed by atoms with Crippen molar-refractivity contribution in [1.29, 1.82) is 0 Å². The Bertz CT molecular complexity index is 853. The second kappa shape index (κ2) is 10.2. The predicted molar refractivity (Wildman–Crippen MR) is 109 cm³/mol. The molecule has 0 radical (unpaired) electrons. The smallest absolute Gasteiger partial charge is 0.331 e. The zero-order valence-corrected chi connectivity index (χ0v) is 16.6. The molecule has 2 aromatic carbocycles. The van der Waals surface area contributed by atoms with Gasteiger partial charge in [0.25, 0.3) is 5.91 Å². The van der Waals surface area contributed by atoms with E-state index < -0.39 is 11.9 Å². The number of benzene rings is 2. The van der Waals surface area contributed by atoms with Crippen LogP contribution in [0.5, 0.6) is 11.5 Å². The monoisotopic (exact) mass is 383 g/mol. The van der Waals surface area contributed by atoms with Gasteiger partial charge < -0.3 is 19.5 Å². The summed E-state index contributed by atoms with van der Waals surface area (Å²) in [5.41, 5.74) is 3.51. The highest BCUT2D eigenvalue weighted by Crippen LogP contribution is 2.28. The minimum absolute atomic E-state index is 0.358. The number of rotatable bonds is 8. The zero-order chi connectivity index (χ0) is 20.5. The number of esters is 1. The molecule has 0 unspecified atom stereocenters. The molecule has 1 amide bonds. The lowest BCUT2D eigenvalue weighted by Crippen LogP contribution is -2.20. The molecule has 1 N–H and O–H groups in total. The molecule has 28 heavy (non-hydrogen) atoms. The van der Waals surface area contributed by atoms with Crippen LogP contribution in [0, 0.1) is 13.8 Å². The number of hydrogen-bond acceptors (Lipinski definition) is 5. The van der Waals surface area contributed by atoms with Crippen molar-refractivity contribution in [3.63, 3.8) is 0 Å². The van der Waals surface area contributed by atoms with Gasteiger partial charge >= 0.3 is 5.97 Å². The minimum Gasteiger partial charge on any atom is -0.493 e. The summed E-state index contributed by atoms with van der Waals surface area (Å²) in [5, 5.41) is 2.72. The third kappa shape index (κ3) is 6.46. The summed E-state index contributed by atoms with van der Waals surface area (Å²) in [6, 6.07) is 11.0. The summed E-state index contributed by atoms with van der Waals surface area (Å²) in [4.78, 5) is 23.8. The molecule has 0 heterocycles. The molecule has 0 aliphatic rings. The molecule has 0 aliphatic heterocycles. The molecule has 0 aromatic heterocycles. The molecular weight excluding hydrogens is 358 g/mol. The first-order valence-electron chi connectivity index (χ1n) is 8.95. The number of carbonyl (C=O) groups is 2. The lowest BCUT2D eigenvalue weighted by Gasteiger charge is -2.09. The molecule has 0 saturated heterocycles. The van der Waals surface area contributed by atoms with Gasteiger partial charge in [0.1, 0.15) is 0 Å². The van der Waals surface area contributed by atoms with E-state index in [1.807, 2.05) is 39.0 Å². The van der Waals surface area contributed by atoms with Crippen molar-refractivity contribution in [2.45, 2.75) is 20.8 Å². The third-order valence-electron chi connectivity index (χ3n) is 3.75. The lowest BCUT2D eigenvalue weighted by molar-refractivity contribution is -0.142. The molecule has 148 valence electrons. The Balaban J connectivity index is 1.89. The van der Waals surface area contributed by atoms with Crippen LogP contribution in [0.1, 0.15) is 23.6 Å². The quantitative estimate of drug-likeness (QED) is 0.553. The number of nitrogens with one attached hydrogen (secondary N) is 1. The van der Waals surface area contributed by atoms with Crippen LogP contribution in [0.25, 0.3) is 6.08 Å². The standard InChI is InChI=1S/C22H25NO5/c1-5-27-20-13-17(6-8-19(20)26-4)7-9-22(25)28-14-21(24)23-18-11-15(2)10-16(3)12-18/h6-13H,5,14H2,1-4H3,(H,23,24)/b9-7+. The average Bonchev–Trinajstić information content (AvgIpc) is 2.64. The Morgan fingerprint density at radius 3 is 2.39 bits per heavy atom. The SMILES string of the molecule is CCOc1cc(/C=C/C(=O)OCC(=O)Nc2cc(C)cc(C)c2)ccc1OC. The van der Waals surface area contributed by atoms with Crippen LogP contribution in [0.2, 0.25) is 0 Å². The van der Waals surface area contributed by atoms with Gasteiger partial charge in [-0.15, -0.1) is 0 Å². The Hall–Kier alpha value is -3.28. The first kappa shape index (κ1) is 21.0. The van der Waals surface area contributed by atoms with Crippen LogP contribution < -0.4 is 14.8 Å². The van der Waals surface area contributed by atoms with Gasteiger partial charge in [0.05, 0.1) is 13.7 Å². The summed E-state index contributed by atoms with van der Waals surface area (Å²) < 4.78 is 15.7. The van der Waals surface area contributed by atoms with Crippen molar-refractivity contribution in [3.8, 4) is 11.5 Å². The van der Waals surface area contributed by atoms with Crippen LogP contribution >= 0.6 is 0 Å². The maximum absolute atomic E-state index is 12.0. The summed E-state index contributed by atoms with van der Waals surface area (Å²) >= 11 is 0. The van der Waals surface area contributed by atoms with E-state index in [-0.39, 0.29) is 6.61 Å². The number of aryl methyl sites for hydroxylation is 2. The fourth-order valence-corrected chi connectivity index (χ4v) is 2.66. The van der Waals surface area contributed by atoms with E-state index in [9.17, 15) is 9.59 Å². The molecule has 0 spiro atoms. The van der Waals surface area contributed by atoms with Gasteiger partial charge in [-0.1, -0.05) is 12.1 Å². The van der Waals surface area contributed by atoms with Crippen molar-refractivity contribution in [1.82, 2.24) is 0 Å². The van der Waals surface area contributed by atoms with E-state index in [0.29, 0.717) is 23.8 Å². The van der Waals surface area contributed by atoms with Crippen LogP contribution in [-0.2, 0) is 14.3 Å². The van der Waals surface area contributed by atoms with Crippen LogP contribution in [0.4, 0.5) is 5.69 Å². The average molecular weight is 383 g/mol. The van der Waals surface area contributed by atoms with Crippen molar-refractivity contribution in [3.05, 3.63) is 59.2 Å².